The molecule has 96 valence electrons. The van der Waals surface area contributed by atoms with Crippen LogP contribution in [0.4, 0.5) is 0 Å². The molecule has 0 radical (unpaired) electrons. The van der Waals surface area contributed by atoms with Crippen LogP contribution in [0.1, 0.15) is 37.7 Å². The van der Waals surface area contributed by atoms with Crippen molar-refractivity contribution in [2.75, 3.05) is 0 Å². The van der Waals surface area contributed by atoms with E-state index in [-0.39, 0.29) is 0 Å². The molecule has 0 atom stereocenters. The normalized spacial score (nSPS) is 17.4. The number of hydrogen-bond donors (Lipinski definition) is 1. The van der Waals surface area contributed by atoms with Crippen molar-refractivity contribution in [1.82, 2.24) is 4.57 Å². The highest BCUT2D eigenvalue weighted by atomic mass is 15.0. The van der Waals surface area contributed by atoms with Gasteiger partial charge in [-0.15, -0.1) is 0 Å². The van der Waals surface area contributed by atoms with Gasteiger partial charge in [0.15, 0.2) is 0 Å². The first-order valence-corrected chi connectivity index (χ1v) is 7.14. The molecule has 1 heterocycles. The van der Waals surface area contributed by atoms with E-state index >= 15 is 0 Å². The van der Waals surface area contributed by atoms with E-state index in [9.17, 15) is 0 Å². The van der Waals surface area contributed by atoms with Crippen molar-refractivity contribution < 1.29 is 0 Å². The Labute approximate surface area is 109 Å². The molecule has 2 heteroatoms. The van der Waals surface area contributed by atoms with Crippen LogP contribution in [0.25, 0.3) is 10.9 Å². The lowest BCUT2D eigenvalue weighted by molar-refractivity contribution is 0.322. The molecule has 0 unspecified atom stereocenters. The molecule has 2 aromatic rings. The maximum atomic E-state index is 5.73. The predicted octanol–water partition coefficient (Wildman–Crippen LogP) is 3.68. The Balaban J connectivity index is 1.86. The van der Waals surface area contributed by atoms with Gasteiger partial charge in [-0.1, -0.05) is 31.4 Å². The van der Waals surface area contributed by atoms with E-state index in [0.717, 1.165) is 5.92 Å². The molecule has 1 aromatic heterocycles. The van der Waals surface area contributed by atoms with Crippen LogP contribution < -0.4 is 5.73 Å². The minimum Gasteiger partial charge on any atom is -0.347 e. The maximum Gasteiger partial charge on any atom is 0.0483 e. The van der Waals surface area contributed by atoms with Crippen LogP contribution in [0.3, 0.4) is 0 Å². The van der Waals surface area contributed by atoms with Crippen LogP contribution in [0.5, 0.6) is 0 Å². The molecule has 2 nitrogen and oxygen atoms in total. The fraction of sp³-hybridized carbons (Fsp3) is 0.500. The zero-order valence-corrected chi connectivity index (χ0v) is 10.9. The van der Waals surface area contributed by atoms with Gasteiger partial charge in [-0.2, -0.15) is 0 Å². The van der Waals surface area contributed by atoms with Gasteiger partial charge in [0, 0.05) is 24.8 Å². The third-order valence-corrected chi connectivity index (χ3v) is 4.25. The van der Waals surface area contributed by atoms with Gasteiger partial charge < -0.3 is 10.3 Å². The minimum absolute atomic E-state index is 0.630. The lowest BCUT2D eigenvalue weighted by Crippen LogP contribution is -2.13. The molecule has 1 aliphatic carbocycles. The fourth-order valence-electron chi connectivity index (χ4n) is 3.16. The van der Waals surface area contributed by atoms with Crippen LogP contribution in [0, 0.1) is 5.92 Å². The van der Waals surface area contributed by atoms with Gasteiger partial charge in [-0.25, -0.2) is 0 Å². The molecule has 1 aliphatic rings. The highest BCUT2D eigenvalue weighted by Gasteiger charge is 2.14. The van der Waals surface area contributed by atoms with Crippen LogP contribution in [-0.4, -0.2) is 4.57 Å². The summed E-state index contributed by atoms with van der Waals surface area (Å²) >= 11 is 0. The van der Waals surface area contributed by atoms with E-state index in [1.165, 1.54) is 55.1 Å². The summed E-state index contributed by atoms with van der Waals surface area (Å²) in [6.07, 6.45) is 9.29. The largest absolute Gasteiger partial charge is 0.347 e. The quantitative estimate of drug-likeness (QED) is 0.874. The van der Waals surface area contributed by atoms with E-state index in [4.69, 9.17) is 5.73 Å². The molecular formula is C16H22N2. The smallest absolute Gasteiger partial charge is 0.0483 e. The van der Waals surface area contributed by atoms with Gasteiger partial charge >= 0.3 is 0 Å². The van der Waals surface area contributed by atoms with E-state index in [0.29, 0.717) is 6.54 Å². The van der Waals surface area contributed by atoms with Crippen molar-refractivity contribution >= 4 is 10.9 Å². The van der Waals surface area contributed by atoms with Gasteiger partial charge in [0.05, 0.1) is 0 Å². The van der Waals surface area contributed by atoms with Crippen LogP contribution in [0.15, 0.2) is 30.5 Å². The zero-order valence-electron chi connectivity index (χ0n) is 10.9. The summed E-state index contributed by atoms with van der Waals surface area (Å²) in [5, 5.41) is 1.34. The Hall–Kier alpha value is -1.28. The second kappa shape index (κ2) is 5.15. The molecule has 0 aliphatic heterocycles. The summed E-state index contributed by atoms with van der Waals surface area (Å²) in [4.78, 5) is 0. The number of rotatable bonds is 3. The molecule has 2 N–H and O–H groups in total. The highest BCUT2D eigenvalue weighted by Crippen LogP contribution is 2.27. The summed E-state index contributed by atoms with van der Waals surface area (Å²) in [5.74, 6) is 0.871. The molecule has 1 aromatic carbocycles. The highest BCUT2D eigenvalue weighted by molar-refractivity contribution is 5.80. The molecule has 3 rings (SSSR count). The number of hydrogen-bond acceptors (Lipinski definition) is 1. The van der Waals surface area contributed by atoms with Crippen molar-refractivity contribution in [3.05, 3.63) is 36.0 Å². The first-order valence-electron chi connectivity index (χ1n) is 7.14. The summed E-state index contributed by atoms with van der Waals surface area (Å²) < 4.78 is 2.42. The maximum absolute atomic E-state index is 5.73. The SMILES string of the molecule is NCc1ccc2ccn(CC3CCCCC3)c2c1. The summed E-state index contributed by atoms with van der Waals surface area (Å²) in [5.41, 5.74) is 8.31. The monoisotopic (exact) mass is 242 g/mol. The Kier molecular flexibility index (Phi) is 3.37. The van der Waals surface area contributed by atoms with Crippen LogP contribution in [0.2, 0.25) is 0 Å². The van der Waals surface area contributed by atoms with Gasteiger partial charge in [-0.3, -0.25) is 0 Å². The molecule has 1 saturated carbocycles. The fourth-order valence-corrected chi connectivity index (χ4v) is 3.16. The molecule has 0 saturated heterocycles. The Morgan fingerprint density at radius 3 is 2.72 bits per heavy atom. The number of fused-ring (bicyclic) bond motifs is 1. The van der Waals surface area contributed by atoms with Crippen molar-refractivity contribution in [3.8, 4) is 0 Å². The van der Waals surface area contributed by atoms with Crippen LogP contribution >= 0.6 is 0 Å². The van der Waals surface area contributed by atoms with E-state index in [1.807, 2.05) is 0 Å². The summed E-state index contributed by atoms with van der Waals surface area (Å²) in [6.45, 7) is 1.81. The Morgan fingerprint density at radius 1 is 1.11 bits per heavy atom. The standard InChI is InChI=1S/C16H22N2/c17-11-14-6-7-15-8-9-18(16(15)10-14)12-13-4-2-1-3-5-13/h6-10,13H,1-5,11-12,17H2. The molecule has 0 spiro atoms. The van der Waals surface area contributed by atoms with Crippen molar-refractivity contribution in [2.24, 2.45) is 11.7 Å². The van der Waals surface area contributed by atoms with E-state index in [2.05, 4.69) is 35.0 Å². The van der Waals surface area contributed by atoms with Crippen molar-refractivity contribution in [3.63, 3.8) is 0 Å². The third kappa shape index (κ3) is 2.30. The summed E-state index contributed by atoms with van der Waals surface area (Å²) in [7, 11) is 0. The topological polar surface area (TPSA) is 30.9 Å². The van der Waals surface area contributed by atoms with Crippen molar-refractivity contribution in [1.29, 1.82) is 0 Å². The number of aromatic nitrogens is 1. The molecule has 0 amide bonds. The van der Waals surface area contributed by atoms with Gasteiger partial charge in [0.1, 0.15) is 0 Å². The second-order valence-corrected chi connectivity index (χ2v) is 5.57. The predicted molar refractivity (Wildman–Crippen MR) is 76.4 cm³/mol. The van der Waals surface area contributed by atoms with Crippen LogP contribution in [-0.2, 0) is 13.1 Å². The second-order valence-electron chi connectivity index (χ2n) is 5.57. The average molecular weight is 242 g/mol. The third-order valence-electron chi connectivity index (χ3n) is 4.25. The molecular weight excluding hydrogens is 220 g/mol. The molecule has 1 fully saturated rings. The molecule has 0 bridgehead atoms. The lowest BCUT2D eigenvalue weighted by atomic mass is 9.89. The minimum atomic E-state index is 0.630. The Morgan fingerprint density at radius 2 is 1.94 bits per heavy atom. The summed E-state index contributed by atoms with van der Waals surface area (Å²) in [6, 6.07) is 8.79. The number of benzene rings is 1. The van der Waals surface area contributed by atoms with Gasteiger partial charge in [0.2, 0.25) is 0 Å². The van der Waals surface area contributed by atoms with Gasteiger partial charge in [-0.05, 0) is 41.8 Å². The van der Waals surface area contributed by atoms with E-state index in [1.54, 1.807) is 0 Å². The Bertz CT molecular complexity index is 521. The first kappa shape index (κ1) is 11.8. The molecule has 18 heavy (non-hydrogen) atoms. The zero-order chi connectivity index (χ0) is 12.4. The van der Waals surface area contributed by atoms with E-state index < -0.39 is 0 Å². The van der Waals surface area contributed by atoms with Crippen molar-refractivity contribution in [2.45, 2.75) is 45.2 Å². The first-order chi connectivity index (χ1) is 8.86. The number of nitrogens with zero attached hydrogens (tertiary/aromatic N) is 1. The number of nitrogens with two attached hydrogens (primary N) is 1. The lowest BCUT2D eigenvalue weighted by Gasteiger charge is -2.22. The van der Waals surface area contributed by atoms with Gasteiger partial charge in [0.25, 0.3) is 0 Å². The average Bonchev–Trinajstić information content (AvgIpc) is 2.82.